The molecule has 0 spiro atoms. The summed E-state index contributed by atoms with van der Waals surface area (Å²) in [5, 5.41) is 6.60. The van der Waals surface area contributed by atoms with Gasteiger partial charge in [-0.3, -0.25) is 9.79 Å². The van der Waals surface area contributed by atoms with Crippen molar-refractivity contribution in [3.8, 4) is 11.6 Å². The molecule has 1 heterocycles. The van der Waals surface area contributed by atoms with Crippen LogP contribution in [0.1, 0.15) is 31.2 Å². The van der Waals surface area contributed by atoms with Crippen LogP contribution in [0.25, 0.3) is 0 Å². The molecule has 31 heavy (non-hydrogen) atoms. The molecule has 3 rings (SSSR count). The third kappa shape index (κ3) is 5.93. The summed E-state index contributed by atoms with van der Waals surface area (Å²) in [5.41, 5.74) is 0.587. The monoisotopic (exact) mass is 427 g/mol. The van der Waals surface area contributed by atoms with Gasteiger partial charge in [-0.05, 0) is 48.7 Å². The van der Waals surface area contributed by atoms with E-state index in [2.05, 4.69) is 20.6 Å². The minimum atomic E-state index is -0.367. The average molecular weight is 428 g/mol. The van der Waals surface area contributed by atoms with Crippen molar-refractivity contribution >= 4 is 11.9 Å². The number of nitrogens with one attached hydrogen (secondary N) is 2. The highest BCUT2D eigenvalue weighted by Crippen LogP contribution is 2.38. The van der Waals surface area contributed by atoms with Crippen LogP contribution in [0.3, 0.4) is 0 Å². The molecular formula is C23H30FN5O2. The van der Waals surface area contributed by atoms with Crippen molar-refractivity contribution in [3.63, 3.8) is 0 Å². The maximum atomic E-state index is 13.1. The van der Waals surface area contributed by atoms with E-state index < -0.39 is 0 Å². The van der Waals surface area contributed by atoms with E-state index in [0.29, 0.717) is 30.7 Å². The first-order valence-corrected chi connectivity index (χ1v) is 10.5. The second kappa shape index (κ2) is 10.2. The van der Waals surface area contributed by atoms with E-state index in [9.17, 15) is 9.18 Å². The fourth-order valence-electron chi connectivity index (χ4n) is 3.89. The molecular weight excluding hydrogens is 397 g/mol. The molecule has 0 saturated heterocycles. The molecule has 0 radical (unpaired) electrons. The summed E-state index contributed by atoms with van der Waals surface area (Å²) in [5.74, 6) is 1.43. The number of carbonyl (C=O) groups excluding carboxylic acids is 1. The van der Waals surface area contributed by atoms with Gasteiger partial charge in [0.15, 0.2) is 5.96 Å². The summed E-state index contributed by atoms with van der Waals surface area (Å²) in [7, 11) is 5.33. The van der Waals surface area contributed by atoms with Gasteiger partial charge in [0.1, 0.15) is 11.6 Å². The number of hydrogen-bond acceptors (Lipinski definition) is 4. The second-order valence-electron chi connectivity index (χ2n) is 8.02. The molecule has 166 valence electrons. The first kappa shape index (κ1) is 22.5. The van der Waals surface area contributed by atoms with Gasteiger partial charge in [0.2, 0.25) is 11.8 Å². The van der Waals surface area contributed by atoms with Crippen LogP contribution in [-0.2, 0) is 11.3 Å². The number of ether oxygens (including phenoxy) is 1. The minimum Gasteiger partial charge on any atom is -0.439 e. The van der Waals surface area contributed by atoms with Crippen LogP contribution in [0.4, 0.5) is 4.39 Å². The smallest absolute Gasteiger partial charge is 0.230 e. The van der Waals surface area contributed by atoms with Gasteiger partial charge in [0.05, 0.1) is 5.41 Å². The van der Waals surface area contributed by atoms with Crippen molar-refractivity contribution < 1.29 is 13.9 Å². The van der Waals surface area contributed by atoms with Crippen LogP contribution in [0.5, 0.6) is 11.6 Å². The van der Waals surface area contributed by atoms with Crippen LogP contribution in [0, 0.1) is 11.2 Å². The van der Waals surface area contributed by atoms with Crippen molar-refractivity contribution in [2.75, 3.05) is 27.7 Å². The summed E-state index contributed by atoms with van der Waals surface area (Å²) in [4.78, 5) is 22.9. The Balaban J connectivity index is 1.57. The zero-order valence-electron chi connectivity index (χ0n) is 18.3. The number of pyridine rings is 1. The maximum absolute atomic E-state index is 13.1. The van der Waals surface area contributed by atoms with Crippen molar-refractivity contribution in [1.82, 2.24) is 20.5 Å². The van der Waals surface area contributed by atoms with Crippen LogP contribution in [0.15, 0.2) is 47.6 Å². The third-order valence-corrected chi connectivity index (χ3v) is 5.53. The number of aromatic nitrogens is 1. The molecule has 0 unspecified atom stereocenters. The summed E-state index contributed by atoms with van der Waals surface area (Å²) < 4.78 is 18.7. The topological polar surface area (TPSA) is 78.9 Å². The molecule has 1 aromatic carbocycles. The largest absolute Gasteiger partial charge is 0.439 e. The van der Waals surface area contributed by atoms with Gasteiger partial charge >= 0.3 is 0 Å². The molecule has 1 saturated carbocycles. The zero-order valence-corrected chi connectivity index (χ0v) is 18.3. The minimum absolute atomic E-state index is 0.171. The van der Waals surface area contributed by atoms with Gasteiger partial charge in [-0.25, -0.2) is 9.37 Å². The Labute approximate surface area is 182 Å². The second-order valence-corrected chi connectivity index (χ2v) is 8.02. The fourth-order valence-corrected chi connectivity index (χ4v) is 3.89. The third-order valence-electron chi connectivity index (χ3n) is 5.53. The first-order valence-electron chi connectivity index (χ1n) is 10.5. The number of hydrogen-bond donors (Lipinski definition) is 2. The number of nitrogens with zero attached hydrogens (tertiary/aromatic N) is 3. The molecule has 8 heteroatoms. The standard InChI is InChI=1S/C23H30FN5O2/c1-25-22(28-16-23(11-4-5-12-23)21(30)29(2)3)27-15-17-10-13-26-20(14-17)31-19-8-6-18(24)7-9-19/h6-10,13-14H,4-5,11-12,15-16H2,1-3H3,(H2,25,27,28). The highest BCUT2D eigenvalue weighted by Gasteiger charge is 2.42. The van der Waals surface area contributed by atoms with E-state index in [1.54, 1.807) is 30.3 Å². The zero-order chi connectivity index (χ0) is 22.3. The van der Waals surface area contributed by atoms with E-state index in [4.69, 9.17) is 4.74 Å². The number of carbonyl (C=O) groups is 1. The van der Waals surface area contributed by atoms with Gasteiger partial charge in [-0.1, -0.05) is 12.8 Å². The number of aliphatic imine (C=N–C) groups is 1. The Bertz CT molecular complexity index is 908. The van der Waals surface area contributed by atoms with Gasteiger partial charge in [0, 0.05) is 46.5 Å². The molecule has 1 aliphatic rings. The van der Waals surface area contributed by atoms with Crippen LogP contribution < -0.4 is 15.4 Å². The van der Waals surface area contributed by atoms with Crippen LogP contribution >= 0.6 is 0 Å². The molecule has 0 aliphatic heterocycles. The molecule has 1 aromatic heterocycles. The van der Waals surface area contributed by atoms with E-state index in [0.717, 1.165) is 31.2 Å². The molecule has 1 amide bonds. The first-order chi connectivity index (χ1) is 14.9. The van der Waals surface area contributed by atoms with Gasteiger partial charge in [-0.15, -0.1) is 0 Å². The molecule has 2 N–H and O–H groups in total. The lowest BCUT2D eigenvalue weighted by atomic mass is 9.84. The molecule has 1 aliphatic carbocycles. The Morgan fingerprint density at radius 1 is 1.19 bits per heavy atom. The predicted octanol–water partition coefficient (Wildman–Crippen LogP) is 3.33. The highest BCUT2D eigenvalue weighted by molar-refractivity contribution is 5.85. The number of guanidine groups is 1. The van der Waals surface area contributed by atoms with Gasteiger partial charge < -0.3 is 20.3 Å². The fraction of sp³-hybridized carbons (Fsp3) is 0.435. The summed E-state index contributed by atoms with van der Waals surface area (Å²) >= 11 is 0. The quantitative estimate of drug-likeness (QED) is 0.524. The number of halogens is 1. The Morgan fingerprint density at radius 2 is 1.90 bits per heavy atom. The molecule has 2 aromatic rings. The lowest BCUT2D eigenvalue weighted by molar-refractivity contribution is -0.138. The van der Waals surface area contributed by atoms with E-state index in [1.165, 1.54) is 12.1 Å². The summed E-state index contributed by atoms with van der Waals surface area (Å²) in [6.07, 6.45) is 5.59. The van der Waals surface area contributed by atoms with E-state index in [1.807, 2.05) is 26.2 Å². The van der Waals surface area contributed by atoms with Crippen molar-refractivity contribution in [2.45, 2.75) is 32.2 Å². The van der Waals surface area contributed by atoms with Crippen LogP contribution in [-0.4, -0.2) is 49.4 Å². The van der Waals surface area contributed by atoms with E-state index in [-0.39, 0.29) is 17.1 Å². The van der Waals surface area contributed by atoms with Gasteiger partial charge in [0.25, 0.3) is 0 Å². The summed E-state index contributed by atoms with van der Waals surface area (Å²) in [6, 6.07) is 9.50. The molecule has 7 nitrogen and oxygen atoms in total. The summed E-state index contributed by atoms with van der Waals surface area (Å²) in [6.45, 7) is 1.07. The Morgan fingerprint density at radius 3 is 2.55 bits per heavy atom. The van der Waals surface area contributed by atoms with Crippen LogP contribution in [0.2, 0.25) is 0 Å². The SMILES string of the molecule is CN=C(NCc1ccnc(Oc2ccc(F)cc2)c1)NCC1(C(=O)N(C)C)CCCC1. The molecule has 0 bridgehead atoms. The average Bonchev–Trinajstić information content (AvgIpc) is 3.25. The number of amides is 1. The molecule has 0 atom stereocenters. The van der Waals surface area contributed by atoms with Crippen molar-refractivity contribution in [1.29, 1.82) is 0 Å². The maximum Gasteiger partial charge on any atom is 0.230 e. The lowest BCUT2D eigenvalue weighted by Crippen LogP contribution is -2.49. The Kier molecular flexibility index (Phi) is 7.44. The highest BCUT2D eigenvalue weighted by atomic mass is 19.1. The number of rotatable bonds is 7. The van der Waals surface area contributed by atoms with Gasteiger partial charge in [-0.2, -0.15) is 0 Å². The van der Waals surface area contributed by atoms with Crippen molar-refractivity contribution in [3.05, 3.63) is 54.0 Å². The van der Waals surface area contributed by atoms with Crippen molar-refractivity contribution in [2.24, 2.45) is 10.4 Å². The van der Waals surface area contributed by atoms with E-state index >= 15 is 0 Å². The molecule has 1 fully saturated rings. The predicted molar refractivity (Wildman–Crippen MR) is 119 cm³/mol. The lowest BCUT2D eigenvalue weighted by Gasteiger charge is -2.31. The normalized spacial score (nSPS) is 15.4. The Hall–Kier alpha value is -3.16. The number of benzene rings is 1.